The number of carbonyl (C=O) groups excluding carboxylic acids is 1. The minimum atomic E-state index is 0.00220. The molecule has 0 aliphatic carbocycles. The van der Waals surface area contributed by atoms with E-state index in [4.69, 9.17) is 14.5 Å². The summed E-state index contributed by atoms with van der Waals surface area (Å²) in [5, 5.41) is 7.18. The summed E-state index contributed by atoms with van der Waals surface area (Å²) < 4.78 is 10.5. The fraction of sp³-hybridized carbons (Fsp3) is 0.360. The van der Waals surface area contributed by atoms with Gasteiger partial charge in [-0.2, -0.15) is 0 Å². The molecule has 1 unspecified atom stereocenters. The van der Waals surface area contributed by atoms with Crippen LogP contribution in [0.25, 0.3) is 22.2 Å². The van der Waals surface area contributed by atoms with E-state index in [1.807, 2.05) is 12.1 Å². The molecule has 7 nitrogen and oxygen atoms in total. The Hall–Kier alpha value is -3.32. The van der Waals surface area contributed by atoms with Crippen LogP contribution in [0.4, 0.5) is 11.4 Å². The highest BCUT2D eigenvalue weighted by Crippen LogP contribution is 2.35. The van der Waals surface area contributed by atoms with E-state index < -0.39 is 0 Å². The normalized spacial score (nSPS) is 15.7. The Balaban J connectivity index is 1.69. The summed E-state index contributed by atoms with van der Waals surface area (Å²) in [6.07, 6.45) is 0.844. The lowest BCUT2D eigenvalue weighted by atomic mass is 10.1. The Morgan fingerprint density at radius 2 is 1.97 bits per heavy atom. The second-order valence-corrected chi connectivity index (χ2v) is 7.95. The first kappa shape index (κ1) is 21.9. The molecular weight excluding hydrogens is 404 g/mol. The fourth-order valence-electron chi connectivity index (χ4n) is 4.18. The van der Waals surface area contributed by atoms with Gasteiger partial charge in [-0.15, -0.1) is 0 Å². The number of hydrogen-bond donors (Lipinski definition) is 2. The number of nitrogens with zero attached hydrogens (tertiary/aromatic N) is 2. The summed E-state index contributed by atoms with van der Waals surface area (Å²) in [4.78, 5) is 19.4. The molecule has 1 saturated heterocycles. The molecule has 1 aromatic heterocycles. The Labute approximate surface area is 188 Å². The van der Waals surface area contributed by atoms with Crippen molar-refractivity contribution < 1.29 is 14.3 Å². The molecular formula is C25H30N4O3. The van der Waals surface area contributed by atoms with Gasteiger partial charge in [0, 0.05) is 62.2 Å². The third kappa shape index (κ3) is 4.62. The summed E-state index contributed by atoms with van der Waals surface area (Å²) in [5.41, 5.74) is 4.95. The molecule has 1 fully saturated rings. The van der Waals surface area contributed by atoms with Crippen molar-refractivity contribution in [3.8, 4) is 17.0 Å². The molecule has 1 aliphatic heterocycles. The van der Waals surface area contributed by atoms with E-state index in [-0.39, 0.29) is 11.8 Å². The average Bonchev–Trinajstić information content (AvgIpc) is 3.33. The maximum absolute atomic E-state index is 12.2. The zero-order chi connectivity index (χ0) is 22.5. The highest BCUT2D eigenvalue weighted by molar-refractivity contribution is 5.95. The summed E-state index contributed by atoms with van der Waals surface area (Å²) in [7, 11) is 5.06. The van der Waals surface area contributed by atoms with Crippen LogP contribution in [0, 0.1) is 5.92 Å². The second kappa shape index (κ2) is 9.87. The lowest BCUT2D eigenvalue weighted by Gasteiger charge is -2.22. The standard InChI is InChI=1S/C25H30N4O3/c1-26-25(30)18-10-12-29(16-18)24-15-22(28-23-14-20(32-3)8-9-21(23)24)17-4-6-19(7-5-17)27-11-13-31-2/h4-9,14-15,18,27H,10-13,16H2,1-3H3,(H,26,30). The Kier molecular flexibility index (Phi) is 6.75. The Bertz CT molecular complexity index is 1080. The number of anilines is 2. The summed E-state index contributed by atoms with van der Waals surface area (Å²) in [6, 6.07) is 16.4. The van der Waals surface area contributed by atoms with Crippen molar-refractivity contribution in [1.82, 2.24) is 10.3 Å². The Morgan fingerprint density at radius 3 is 2.69 bits per heavy atom. The zero-order valence-electron chi connectivity index (χ0n) is 18.9. The first-order chi connectivity index (χ1) is 15.6. The molecule has 1 amide bonds. The quantitative estimate of drug-likeness (QED) is 0.528. The van der Waals surface area contributed by atoms with Crippen LogP contribution in [0.5, 0.6) is 5.75 Å². The molecule has 0 bridgehead atoms. The molecule has 0 radical (unpaired) electrons. The van der Waals surface area contributed by atoms with Crippen molar-refractivity contribution in [2.45, 2.75) is 6.42 Å². The summed E-state index contributed by atoms with van der Waals surface area (Å²) in [6.45, 7) is 2.96. The first-order valence-corrected chi connectivity index (χ1v) is 10.9. The maximum atomic E-state index is 12.2. The van der Waals surface area contributed by atoms with Gasteiger partial charge in [0.15, 0.2) is 0 Å². The zero-order valence-corrected chi connectivity index (χ0v) is 18.9. The topological polar surface area (TPSA) is 75.7 Å². The predicted molar refractivity (Wildman–Crippen MR) is 128 cm³/mol. The van der Waals surface area contributed by atoms with Crippen LogP contribution in [0.3, 0.4) is 0 Å². The van der Waals surface area contributed by atoms with E-state index in [9.17, 15) is 4.79 Å². The van der Waals surface area contributed by atoms with E-state index in [0.717, 1.165) is 58.8 Å². The van der Waals surface area contributed by atoms with Crippen molar-refractivity contribution in [3.05, 3.63) is 48.5 Å². The van der Waals surface area contributed by atoms with Crippen LogP contribution < -0.4 is 20.3 Å². The lowest BCUT2D eigenvalue weighted by Crippen LogP contribution is -2.30. The molecule has 2 heterocycles. The van der Waals surface area contributed by atoms with Crippen LogP contribution in [-0.4, -0.2) is 58.4 Å². The van der Waals surface area contributed by atoms with Crippen LogP contribution in [0.1, 0.15) is 6.42 Å². The molecule has 0 saturated carbocycles. The highest BCUT2D eigenvalue weighted by atomic mass is 16.5. The highest BCUT2D eigenvalue weighted by Gasteiger charge is 2.29. The SMILES string of the molecule is CNC(=O)C1CCN(c2cc(-c3ccc(NCCOC)cc3)nc3cc(OC)ccc23)C1. The molecule has 32 heavy (non-hydrogen) atoms. The van der Waals surface area contributed by atoms with Gasteiger partial charge in [-0.25, -0.2) is 4.98 Å². The lowest BCUT2D eigenvalue weighted by molar-refractivity contribution is -0.123. The first-order valence-electron chi connectivity index (χ1n) is 10.9. The maximum Gasteiger partial charge on any atom is 0.224 e. The van der Waals surface area contributed by atoms with Crippen molar-refractivity contribution in [2.24, 2.45) is 5.92 Å². The third-order valence-corrected chi connectivity index (χ3v) is 5.96. The fourth-order valence-corrected chi connectivity index (χ4v) is 4.18. The minimum absolute atomic E-state index is 0.00220. The van der Waals surface area contributed by atoms with Gasteiger partial charge in [0.2, 0.25) is 5.91 Å². The minimum Gasteiger partial charge on any atom is -0.497 e. The van der Waals surface area contributed by atoms with Crippen molar-refractivity contribution in [3.63, 3.8) is 0 Å². The van der Waals surface area contributed by atoms with Gasteiger partial charge in [0.1, 0.15) is 5.75 Å². The van der Waals surface area contributed by atoms with Crippen molar-refractivity contribution in [2.75, 3.05) is 57.7 Å². The molecule has 168 valence electrons. The van der Waals surface area contributed by atoms with Gasteiger partial charge in [-0.1, -0.05) is 12.1 Å². The molecule has 2 aromatic carbocycles. The van der Waals surface area contributed by atoms with Gasteiger partial charge in [-0.3, -0.25) is 4.79 Å². The number of pyridine rings is 1. The number of nitrogens with one attached hydrogen (secondary N) is 2. The van der Waals surface area contributed by atoms with E-state index in [2.05, 4.69) is 51.9 Å². The third-order valence-electron chi connectivity index (χ3n) is 5.96. The van der Waals surface area contributed by atoms with Crippen molar-refractivity contribution in [1.29, 1.82) is 0 Å². The molecule has 7 heteroatoms. The largest absolute Gasteiger partial charge is 0.497 e. The van der Waals surface area contributed by atoms with Crippen LogP contribution in [0.15, 0.2) is 48.5 Å². The van der Waals surface area contributed by atoms with Crippen LogP contribution >= 0.6 is 0 Å². The number of amides is 1. The number of hydrogen-bond acceptors (Lipinski definition) is 6. The monoisotopic (exact) mass is 434 g/mol. The Morgan fingerprint density at radius 1 is 1.16 bits per heavy atom. The van der Waals surface area contributed by atoms with Gasteiger partial charge in [0.25, 0.3) is 0 Å². The van der Waals surface area contributed by atoms with Gasteiger partial charge in [-0.05, 0) is 36.8 Å². The average molecular weight is 435 g/mol. The molecule has 3 aromatic rings. The second-order valence-electron chi connectivity index (χ2n) is 7.95. The molecule has 2 N–H and O–H groups in total. The van der Waals surface area contributed by atoms with E-state index in [1.54, 1.807) is 21.3 Å². The van der Waals surface area contributed by atoms with E-state index in [0.29, 0.717) is 13.2 Å². The summed E-state index contributed by atoms with van der Waals surface area (Å²) in [5.74, 6) is 0.877. The molecule has 1 aliphatic rings. The number of rotatable bonds is 8. The molecule has 0 spiro atoms. The predicted octanol–water partition coefficient (Wildman–Crippen LogP) is 3.54. The number of benzene rings is 2. The van der Waals surface area contributed by atoms with Gasteiger partial charge in [0.05, 0.1) is 30.8 Å². The number of fused-ring (bicyclic) bond motifs is 1. The molecule has 4 rings (SSSR count). The number of ether oxygens (including phenoxy) is 2. The van der Waals surface area contributed by atoms with E-state index >= 15 is 0 Å². The smallest absolute Gasteiger partial charge is 0.224 e. The van der Waals surface area contributed by atoms with Gasteiger partial charge >= 0.3 is 0 Å². The number of methoxy groups -OCH3 is 2. The summed E-state index contributed by atoms with van der Waals surface area (Å²) >= 11 is 0. The molecule has 1 atom stereocenters. The van der Waals surface area contributed by atoms with Gasteiger partial charge < -0.3 is 25.0 Å². The van der Waals surface area contributed by atoms with Crippen LogP contribution in [-0.2, 0) is 9.53 Å². The van der Waals surface area contributed by atoms with Crippen molar-refractivity contribution >= 4 is 28.2 Å². The number of aromatic nitrogens is 1. The van der Waals surface area contributed by atoms with E-state index in [1.165, 1.54) is 0 Å². The number of carbonyl (C=O) groups is 1. The van der Waals surface area contributed by atoms with Crippen LogP contribution in [0.2, 0.25) is 0 Å².